The second kappa shape index (κ2) is 26.5. The molecule has 8 fully saturated rings. The zero-order valence-corrected chi connectivity index (χ0v) is 52.7. The van der Waals surface area contributed by atoms with Gasteiger partial charge in [0, 0.05) is 85.2 Å². The van der Waals surface area contributed by atoms with Crippen molar-refractivity contribution in [3.8, 4) is 57.5 Å². The molecule has 0 aromatic heterocycles. The van der Waals surface area contributed by atoms with Gasteiger partial charge in [0.05, 0.1) is 0 Å². The van der Waals surface area contributed by atoms with E-state index in [2.05, 4.69) is 157 Å². The van der Waals surface area contributed by atoms with Crippen LogP contribution in [-0.4, -0.2) is 66.1 Å². The fourth-order valence-corrected chi connectivity index (χ4v) is 19.0. The molecule has 8 saturated carbocycles. The third kappa shape index (κ3) is 11.7. The van der Waals surface area contributed by atoms with E-state index >= 15 is 0 Å². The molecule has 2 atom stereocenters. The Labute approximate surface area is 534 Å². The SMILES string of the molecule is C=CCOc1ccc(C23CC4CC(c5ccc(OCC=C)cc5OCC=C)(C2)CC(C25CC6(c7ccc(OCC=C)cc7OCC=C)CC(c7ccc(OCC=C)cc7OCC=C)(CC(c7ccc(OCC=C)cc7OCC=C)(C6)C2)C5)(C4)C3)c(OCC=C)c1. The lowest BCUT2D eigenvalue weighted by molar-refractivity contribution is -0.231. The molecule has 0 heterocycles. The first-order valence-corrected chi connectivity index (χ1v) is 31.9. The Morgan fingerprint density at radius 2 is 0.467 bits per heavy atom. The molecular formula is C80H90O10. The summed E-state index contributed by atoms with van der Waals surface area (Å²) in [5.41, 5.74) is 2.91. The number of benzene rings is 5. The zero-order valence-electron chi connectivity index (χ0n) is 52.7. The van der Waals surface area contributed by atoms with Crippen LogP contribution < -0.4 is 47.4 Å². The average Bonchev–Trinajstić information content (AvgIpc) is 0.646. The minimum atomic E-state index is -0.516. The van der Waals surface area contributed by atoms with Crippen LogP contribution in [-0.2, 0) is 27.1 Å². The predicted molar refractivity (Wildman–Crippen MR) is 361 cm³/mol. The molecule has 13 rings (SSSR count). The van der Waals surface area contributed by atoms with Crippen LogP contribution in [0.2, 0.25) is 0 Å². The summed E-state index contributed by atoms with van der Waals surface area (Å²) in [7, 11) is 0. The summed E-state index contributed by atoms with van der Waals surface area (Å²) in [6.07, 6.45) is 28.9. The van der Waals surface area contributed by atoms with Crippen molar-refractivity contribution < 1.29 is 47.4 Å². The van der Waals surface area contributed by atoms with Crippen LogP contribution in [0.3, 0.4) is 0 Å². The van der Waals surface area contributed by atoms with Gasteiger partial charge in [-0.2, -0.15) is 0 Å². The summed E-state index contributed by atoms with van der Waals surface area (Å²) in [5.74, 6) is 7.92. The third-order valence-electron chi connectivity index (χ3n) is 20.5. The summed E-state index contributed by atoms with van der Waals surface area (Å²) in [6.45, 7) is 44.1. The molecule has 5 aromatic rings. The topological polar surface area (TPSA) is 92.3 Å². The molecule has 8 aliphatic rings. The summed E-state index contributed by atoms with van der Waals surface area (Å²) in [5, 5.41) is 0. The average molecular weight is 1210 g/mol. The van der Waals surface area contributed by atoms with Crippen molar-refractivity contribution in [2.75, 3.05) is 66.1 Å². The molecule has 10 heteroatoms. The maximum Gasteiger partial charge on any atom is 0.127 e. The van der Waals surface area contributed by atoms with E-state index in [0.717, 1.165) is 134 Å². The van der Waals surface area contributed by atoms with E-state index in [1.807, 2.05) is 30.4 Å². The molecule has 10 nitrogen and oxygen atoms in total. The lowest BCUT2D eigenvalue weighted by Crippen LogP contribution is -2.73. The monoisotopic (exact) mass is 1210 g/mol. The molecule has 8 aliphatic carbocycles. The fourth-order valence-electron chi connectivity index (χ4n) is 19.0. The van der Waals surface area contributed by atoms with Crippen LogP contribution in [0.4, 0.5) is 0 Å². The van der Waals surface area contributed by atoms with Gasteiger partial charge in [-0.15, -0.1) is 0 Å². The molecule has 0 amide bonds. The van der Waals surface area contributed by atoms with Crippen molar-refractivity contribution in [2.24, 2.45) is 16.7 Å². The molecular weight excluding hydrogens is 1120 g/mol. The van der Waals surface area contributed by atoms with Gasteiger partial charge in [-0.3, -0.25) is 0 Å². The number of hydrogen-bond acceptors (Lipinski definition) is 10. The predicted octanol–water partition coefficient (Wildman–Crippen LogP) is 17.7. The molecule has 0 spiro atoms. The normalized spacial score (nSPS) is 27.0. The van der Waals surface area contributed by atoms with Crippen LogP contribution in [0.5, 0.6) is 57.5 Å². The van der Waals surface area contributed by atoms with Crippen LogP contribution in [0.25, 0.3) is 0 Å². The van der Waals surface area contributed by atoms with Crippen LogP contribution in [0.15, 0.2) is 218 Å². The van der Waals surface area contributed by atoms with E-state index in [9.17, 15) is 0 Å². The summed E-state index contributed by atoms with van der Waals surface area (Å²) >= 11 is 0. The van der Waals surface area contributed by atoms with Crippen molar-refractivity contribution in [1.82, 2.24) is 0 Å². The maximum absolute atomic E-state index is 7.01. The summed E-state index contributed by atoms with van der Waals surface area (Å²) in [4.78, 5) is 0. The highest BCUT2D eigenvalue weighted by Crippen LogP contribution is 2.85. The molecule has 0 N–H and O–H groups in total. The largest absolute Gasteiger partial charge is 0.489 e. The van der Waals surface area contributed by atoms with Gasteiger partial charge in [0.2, 0.25) is 0 Å². The Bertz CT molecular complexity index is 3240. The molecule has 5 aromatic carbocycles. The third-order valence-corrected chi connectivity index (χ3v) is 20.5. The highest BCUT2D eigenvalue weighted by molar-refractivity contribution is 5.59. The molecule has 0 saturated heterocycles. The Morgan fingerprint density at radius 1 is 0.256 bits per heavy atom. The van der Waals surface area contributed by atoms with Gasteiger partial charge < -0.3 is 47.4 Å². The van der Waals surface area contributed by atoms with Gasteiger partial charge in [-0.1, -0.05) is 157 Å². The first-order chi connectivity index (χ1) is 43.8. The minimum Gasteiger partial charge on any atom is -0.489 e. The quantitative estimate of drug-likeness (QED) is 0.0361. The Kier molecular flexibility index (Phi) is 18.6. The maximum atomic E-state index is 7.01. The van der Waals surface area contributed by atoms with Gasteiger partial charge in [-0.05, 0) is 124 Å². The van der Waals surface area contributed by atoms with Crippen molar-refractivity contribution in [3.63, 3.8) is 0 Å². The number of hydrogen-bond donors (Lipinski definition) is 0. The van der Waals surface area contributed by atoms with Crippen molar-refractivity contribution in [1.29, 1.82) is 0 Å². The second-order valence-corrected chi connectivity index (χ2v) is 26.3. The zero-order chi connectivity index (χ0) is 63.0. The minimum absolute atomic E-state index is 0.309. The van der Waals surface area contributed by atoms with Gasteiger partial charge >= 0.3 is 0 Å². The molecule has 0 aliphatic heterocycles. The number of rotatable bonds is 36. The summed E-state index contributed by atoms with van der Waals surface area (Å²) in [6, 6.07) is 32.7. The van der Waals surface area contributed by atoms with Crippen LogP contribution in [0, 0.1) is 16.7 Å². The van der Waals surface area contributed by atoms with Gasteiger partial charge in [0.15, 0.2) is 0 Å². The van der Waals surface area contributed by atoms with Crippen LogP contribution >= 0.6 is 0 Å². The number of ether oxygens (including phenoxy) is 10. The fraction of sp³-hybridized carbons (Fsp3) is 0.375. The molecule has 8 bridgehead atoms. The van der Waals surface area contributed by atoms with Crippen molar-refractivity contribution >= 4 is 0 Å². The lowest BCUT2D eigenvalue weighted by Gasteiger charge is -2.79. The molecule has 0 radical (unpaired) electrons. The van der Waals surface area contributed by atoms with E-state index in [1.165, 1.54) is 11.1 Å². The Hall–Kier alpha value is -8.50. The van der Waals surface area contributed by atoms with E-state index in [4.69, 9.17) is 47.4 Å². The van der Waals surface area contributed by atoms with Gasteiger partial charge in [0.25, 0.3) is 0 Å². The molecule has 90 heavy (non-hydrogen) atoms. The first kappa shape index (κ1) is 63.1. The standard InChI is InChI=1S/C80H90O10/c1-11-31-81-59-21-26-64(69(41-59)86-36-16-6)74-46-58-47-75(49-74,65-27-22-60(82-32-12-2)42-70(65)87-37-17-7)54-79(48-58,53-74)80-55-76(66-28-23-61(83-33-13-3)43-71(66)88-38-18-8)50-77(56-80,67-29-24-62(84-34-14-4)44-72(67)89-39-19-9)52-78(51-76,57-80)68-30-25-63(85-35-15-5)45-73(68)90-40-20-10/h11-30,41-45,58H,1-10,31-40,46-57H2. The molecule has 2 unspecified atom stereocenters. The summed E-state index contributed by atoms with van der Waals surface area (Å²) < 4.78 is 66.5. The highest BCUT2D eigenvalue weighted by atomic mass is 16.5. The smallest absolute Gasteiger partial charge is 0.127 e. The van der Waals surface area contributed by atoms with Crippen molar-refractivity contribution in [2.45, 2.75) is 104 Å². The molecule has 470 valence electrons. The van der Waals surface area contributed by atoms with E-state index in [0.29, 0.717) is 89.2 Å². The highest BCUT2D eigenvalue weighted by Gasteiger charge is 2.78. The van der Waals surface area contributed by atoms with E-state index < -0.39 is 16.2 Å². The Balaban J connectivity index is 1.24. The first-order valence-electron chi connectivity index (χ1n) is 31.9. The van der Waals surface area contributed by atoms with Crippen LogP contribution in [0.1, 0.15) is 105 Å². The van der Waals surface area contributed by atoms with Gasteiger partial charge in [-0.25, -0.2) is 0 Å². The van der Waals surface area contributed by atoms with E-state index in [1.54, 1.807) is 30.4 Å². The van der Waals surface area contributed by atoms with E-state index in [-0.39, 0.29) is 21.7 Å². The van der Waals surface area contributed by atoms with Gasteiger partial charge in [0.1, 0.15) is 124 Å². The Morgan fingerprint density at radius 3 is 0.711 bits per heavy atom. The second-order valence-electron chi connectivity index (χ2n) is 26.3. The lowest BCUT2D eigenvalue weighted by atomic mass is 9.24. The van der Waals surface area contributed by atoms with Crippen molar-refractivity contribution in [3.05, 3.63) is 245 Å².